The maximum absolute atomic E-state index is 12.7. The first-order valence-electron chi connectivity index (χ1n) is 4.59. The van der Waals surface area contributed by atoms with Crippen molar-refractivity contribution >= 4 is 11.5 Å². The molecule has 0 aliphatic rings. The van der Waals surface area contributed by atoms with Crippen LogP contribution in [-0.2, 0) is 6.18 Å². The Balaban J connectivity index is 3.53. The zero-order chi connectivity index (χ0) is 14.1. The van der Waals surface area contributed by atoms with Crippen LogP contribution < -0.4 is 10.5 Å². The summed E-state index contributed by atoms with van der Waals surface area (Å²) < 4.78 is 66.0. The molecule has 0 aromatic heterocycles. The van der Waals surface area contributed by atoms with E-state index in [9.17, 15) is 26.7 Å². The van der Waals surface area contributed by atoms with Crippen LogP contribution in [0.1, 0.15) is 22.8 Å². The second kappa shape index (κ2) is 4.79. The lowest BCUT2D eigenvalue weighted by Gasteiger charge is -2.17. The minimum absolute atomic E-state index is 0.274. The lowest BCUT2D eigenvalue weighted by atomic mass is 10.0. The first-order chi connectivity index (χ1) is 8.12. The molecule has 0 radical (unpaired) electrons. The summed E-state index contributed by atoms with van der Waals surface area (Å²) in [5, 5.41) is 0. The lowest BCUT2D eigenvalue weighted by Crippen LogP contribution is -2.16. The highest BCUT2D eigenvalue weighted by molar-refractivity contribution is 5.97. The third-order valence-corrected chi connectivity index (χ3v) is 2.00. The largest absolute Gasteiger partial charge is 0.434 e. The Hall–Kier alpha value is -1.86. The molecule has 0 aliphatic heterocycles. The SMILES string of the molecule is CC(=O)c1cc(N)cc(OC(F)F)c1C(F)(F)F. The van der Waals surface area contributed by atoms with Crippen LogP contribution in [0.25, 0.3) is 0 Å². The highest BCUT2D eigenvalue weighted by Gasteiger charge is 2.39. The summed E-state index contributed by atoms with van der Waals surface area (Å²) in [4.78, 5) is 11.1. The number of nitrogens with two attached hydrogens (primary N) is 1. The zero-order valence-corrected chi connectivity index (χ0v) is 9.02. The van der Waals surface area contributed by atoms with E-state index in [4.69, 9.17) is 5.73 Å². The minimum atomic E-state index is -5.00. The number of anilines is 1. The highest BCUT2D eigenvalue weighted by atomic mass is 19.4. The van der Waals surface area contributed by atoms with Gasteiger partial charge in [0.25, 0.3) is 0 Å². The fraction of sp³-hybridized carbons (Fsp3) is 0.300. The molecule has 0 saturated carbocycles. The van der Waals surface area contributed by atoms with E-state index in [1.807, 2.05) is 0 Å². The van der Waals surface area contributed by atoms with Crippen molar-refractivity contribution in [3.63, 3.8) is 0 Å². The van der Waals surface area contributed by atoms with Gasteiger partial charge in [-0.3, -0.25) is 4.79 Å². The van der Waals surface area contributed by atoms with Gasteiger partial charge in [-0.15, -0.1) is 0 Å². The van der Waals surface area contributed by atoms with E-state index >= 15 is 0 Å². The molecule has 8 heteroatoms. The molecule has 0 atom stereocenters. The number of carbonyl (C=O) groups is 1. The number of halogens is 5. The van der Waals surface area contributed by atoms with Crippen molar-refractivity contribution in [2.24, 2.45) is 0 Å². The molecule has 18 heavy (non-hydrogen) atoms. The summed E-state index contributed by atoms with van der Waals surface area (Å²) >= 11 is 0. The average Bonchev–Trinajstić information content (AvgIpc) is 2.12. The molecule has 0 heterocycles. The molecule has 0 amide bonds. The van der Waals surface area contributed by atoms with Crippen LogP contribution in [0.3, 0.4) is 0 Å². The van der Waals surface area contributed by atoms with Gasteiger partial charge in [-0.2, -0.15) is 22.0 Å². The molecule has 0 bridgehead atoms. The molecule has 0 aliphatic carbocycles. The van der Waals surface area contributed by atoms with Crippen molar-refractivity contribution in [1.82, 2.24) is 0 Å². The van der Waals surface area contributed by atoms with Crippen molar-refractivity contribution in [1.29, 1.82) is 0 Å². The summed E-state index contributed by atoms with van der Waals surface area (Å²) in [5.74, 6) is -2.11. The third-order valence-electron chi connectivity index (χ3n) is 2.00. The van der Waals surface area contributed by atoms with Crippen molar-refractivity contribution in [2.75, 3.05) is 5.73 Å². The van der Waals surface area contributed by atoms with Crippen LogP contribution >= 0.6 is 0 Å². The van der Waals surface area contributed by atoms with E-state index < -0.39 is 35.4 Å². The van der Waals surface area contributed by atoms with Crippen LogP contribution in [-0.4, -0.2) is 12.4 Å². The monoisotopic (exact) mass is 269 g/mol. The Morgan fingerprint density at radius 2 is 1.89 bits per heavy atom. The Morgan fingerprint density at radius 1 is 1.33 bits per heavy atom. The molecule has 2 N–H and O–H groups in total. The number of carbonyl (C=O) groups excluding carboxylic acids is 1. The van der Waals surface area contributed by atoms with E-state index in [0.29, 0.717) is 6.07 Å². The molecule has 0 unspecified atom stereocenters. The second-order valence-corrected chi connectivity index (χ2v) is 3.37. The molecule has 0 spiro atoms. The second-order valence-electron chi connectivity index (χ2n) is 3.37. The first-order valence-corrected chi connectivity index (χ1v) is 4.59. The predicted octanol–water partition coefficient (Wildman–Crippen LogP) is 3.09. The standard InChI is InChI=1S/C10H8F5NO2/c1-4(17)6-2-5(16)3-7(18-9(11)12)8(6)10(13,14)15/h2-3,9H,16H2,1H3. The Kier molecular flexibility index (Phi) is 3.78. The van der Waals surface area contributed by atoms with E-state index in [1.54, 1.807) is 0 Å². The van der Waals surface area contributed by atoms with Crippen molar-refractivity contribution < 1.29 is 31.5 Å². The van der Waals surface area contributed by atoms with Gasteiger partial charge < -0.3 is 10.5 Å². The number of ether oxygens (including phenoxy) is 1. The number of Topliss-reactive ketones (excluding diaryl/α,β-unsaturated/α-hetero) is 1. The topological polar surface area (TPSA) is 52.3 Å². The summed E-state index contributed by atoms with van der Waals surface area (Å²) in [6, 6.07) is 1.37. The van der Waals surface area contributed by atoms with E-state index in [2.05, 4.69) is 4.74 Å². The Morgan fingerprint density at radius 3 is 2.28 bits per heavy atom. The molecular formula is C10H8F5NO2. The Bertz CT molecular complexity index is 470. The van der Waals surface area contributed by atoms with Gasteiger partial charge in [-0.1, -0.05) is 0 Å². The number of ketones is 1. The quantitative estimate of drug-likeness (QED) is 0.521. The van der Waals surface area contributed by atoms with Gasteiger partial charge >= 0.3 is 12.8 Å². The van der Waals surface area contributed by atoms with Gasteiger partial charge in [0.2, 0.25) is 0 Å². The van der Waals surface area contributed by atoms with Gasteiger partial charge in [-0.05, 0) is 13.0 Å². The average molecular weight is 269 g/mol. The number of hydrogen-bond donors (Lipinski definition) is 1. The molecule has 3 nitrogen and oxygen atoms in total. The number of hydrogen-bond acceptors (Lipinski definition) is 3. The third kappa shape index (κ3) is 3.08. The van der Waals surface area contributed by atoms with Gasteiger partial charge in [0.15, 0.2) is 5.78 Å². The van der Waals surface area contributed by atoms with E-state index in [0.717, 1.165) is 13.0 Å². The van der Waals surface area contributed by atoms with Gasteiger partial charge in [0.05, 0.1) is 0 Å². The molecule has 1 aromatic carbocycles. The number of nitrogen functional groups attached to an aromatic ring is 1. The van der Waals surface area contributed by atoms with Crippen LogP contribution in [0.2, 0.25) is 0 Å². The predicted molar refractivity (Wildman–Crippen MR) is 52.5 cm³/mol. The summed E-state index contributed by atoms with van der Waals surface area (Å²) in [6.07, 6.45) is -5.00. The van der Waals surface area contributed by atoms with Gasteiger partial charge in [0.1, 0.15) is 11.3 Å². The molecular weight excluding hydrogens is 261 g/mol. The maximum Gasteiger partial charge on any atom is 0.420 e. The molecule has 100 valence electrons. The number of benzene rings is 1. The minimum Gasteiger partial charge on any atom is -0.434 e. The van der Waals surface area contributed by atoms with Crippen molar-refractivity contribution in [2.45, 2.75) is 19.7 Å². The summed E-state index contributed by atoms with van der Waals surface area (Å²) in [5.41, 5.74) is 2.61. The van der Waals surface area contributed by atoms with E-state index in [-0.39, 0.29) is 5.69 Å². The summed E-state index contributed by atoms with van der Waals surface area (Å²) in [7, 11) is 0. The summed E-state index contributed by atoms with van der Waals surface area (Å²) in [6.45, 7) is -2.58. The van der Waals surface area contributed by atoms with Gasteiger partial charge in [-0.25, -0.2) is 0 Å². The normalized spacial score (nSPS) is 11.7. The van der Waals surface area contributed by atoms with Crippen LogP contribution in [0.15, 0.2) is 12.1 Å². The maximum atomic E-state index is 12.7. The first kappa shape index (κ1) is 14.2. The van der Waals surface area contributed by atoms with Crippen molar-refractivity contribution in [3.05, 3.63) is 23.3 Å². The fourth-order valence-corrected chi connectivity index (χ4v) is 1.40. The molecule has 1 aromatic rings. The lowest BCUT2D eigenvalue weighted by molar-refractivity contribution is -0.142. The number of alkyl halides is 5. The van der Waals surface area contributed by atoms with Crippen LogP contribution in [0.4, 0.5) is 27.6 Å². The van der Waals surface area contributed by atoms with E-state index in [1.165, 1.54) is 0 Å². The zero-order valence-electron chi connectivity index (χ0n) is 9.02. The fourth-order valence-electron chi connectivity index (χ4n) is 1.40. The smallest absolute Gasteiger partial charge is 0.420 e. The van der Waals surface area contributed by atoms with Crippen LogP contribution in [0, 0.1) is 0 Å². The molecule has 0 saturated heterocycles. The molecule has 0 fully saturated rings. The Labute approximate surface area is 98.3 Å². The van der Waals surface area contributed by atoms with Gasteiger partial charge in [0, 0.05) is 17.3 Å². The number of rotatable bonds is 3. The van der Waals surface area contributed by atoms with Crippen LogP contribution in [0.5, 0.6) is 5.75 Å². The highest BCUT2D eigenvalue weighted by Crippen LogP contribution is 2.40. The molecule has 1 rings (SSSR count). The van der Waals surface area contributed by atoms with Crippen molar-refractivity contribution in [3.8, 4) is 5.75 Å².